The number of nitrogens with zero attached hydrogens (tertiary/aromatic N) is 2. The second-order valence-corrected chi connectivity index (χ2v) is 9.54. The van der Waals surface area contributed by atoms with E-state index in [9.17, 15) is 8.42 Å². The minimum absolute atomic E-state index is 0.0472. The van der Waals surface area contributed by atoms with Gasteiger partial charge in [-0.1, -0.05) is 30.3 Å². The lowest BCUT2D eigenvalue weighted by Gasteiger charge is -2.34. The molecule has 1 saturated heterocycles. The standard InChI is InChI=1S/C20H25BrN2O4S/c1-26-19-13-18(21)20(27-2)12-17(19)14-22-8-10-23(11-9-22)28(24,25)15-16-6-4-3-5-7-16/h3-7,12-13H,8-11,14-15H2,1-2H3. The Morgan fingerprint density at radius 3 is 2.21 bits per heavy atom. The van der Waals surface area contributed by atoms with Crippen LogP contribution in [0.25, 0.3) is 0 Å². The van der Waals surface area contributed by atoms with Crippen LogP contribution in [0.1, 0.15) is 11.1 Å². The zero-order valence-corrected chi connectivity index (χ0v) is 18.5. The number of benzene rings is 2. The van der Waals surface area contributed by atoms with Crippen LogP contribution in [0.2, 0.25) is 0 Å². The van der Waals surface area contributed by atoms with Crippen molar-refractivity contribution in [2.75, 3.05) is 40.4 Å². The number of hydrogen-bond acceptors (Lipinski definition) is 5. The molecule has 152 valence electrons. The molecule has 0 bridgehead atoms. The number of piperazine rings is 1. The van der Waals surface area contributed by atoms with Crippen LogP contribution in [0.3, 0.4) is 0 Å². The fraction of sp³-hybridized carbons (Fsp3) is 0.400. The van der Waals surface area contributed by atoms with E-state index in [2.05, 4.69) is 20.8 Å². The van der Waals surface area contributed by atoms with Gasteiger partial charge < -0.3 is 9.47 Å². The molecule has 0 radical (unpaired) electrons. The molecule has 0 atom stereocenters. The lowest BCUT2D eigenvalue weighted by atomic mass is 10.1. The fourth-order valence-electron chi connectivity index (χ4n) is 3.33. The SMILES string of the molecule is COc1cc(CN2CCN(S(=O)(=O)Cc3ccccc3)CC2)c(OC)cc1Br. The van der Waals surface area contributed by atoms with Gasteiger partial charge in [0.05, 0.1) is 24.4 Å². The summed E-state index contributed by atoms with van der Waals surface area (Å²) in [7, 11) is -0.0297. The number of ether oxygens (including phenoxy) is 2. The first kappa shape index (κ1) is 21.1. The van der Waals surface area contributed by atoms with Crippen LogP contribution in [-0.4, -0.2) is 58.0 Å². The number of halogens is 1. The van der Waals surface area contributed by atoms with Crippen LogP contribution in [0.15, 0.2) is 46.9 Å². The molecule has 8 heteroatoms. The van der Waals surface area contributed by atoms with Gasteiger partial charge in [0.1, 0.15) is 11.5 Å². The Hall–Kier alpha value is -1.61. The van der Waals surface area contributed by atoms with Crippen LogP contribution >= 0.6 is 15.9 Å². The zero-order valence-electron chi connectivity index (χ0n) is 16.1. The van der Waals surface area contributed by atoms with Gasteiger partial charge in [0.25, 0.3) is 0 Å². The first-order valence-electron chi connectivity index (χ1n) is 9.07. The Bertz CT molecular complexity index is 898. The van der Waals surface area contributed by atoms with E-state index in [1.165, 1.54) is 0 Å². The monoisotopic (exact) mass is 468 g/mol. The molecule has 3 rings (SSSR count). The third-order valence-electron chi connectivity index (χ3n) is 4.87. The number of sulfonamides is 1. The van der Waals surface area contributed by atoms with Gasteiger partial charge in [0, 0.05) is 38.3 Å². The highest BCUT2D eigenvalue weighted by molar-refractivity contribution is 9.10. The summed E-state index contributed by atoms with van der Waals surface area (Å²) in [4.78, 5) is 2.24. The Kier molecular flexibility index (Phi) is 6.98. The molecule has 0 N–H and O–H groups in total. The van der Waals surface area contributed by atoms with Gasteiger partial charge in [-0.05, 0) is 33.6 Å². The number of methoxy groups -OCH3 is 2. The number of hydrogen-bond donors (Lipinski definition) is 0. The lowest BCUT2D eigenvalue weighted by molar-refractivity contribution is 0.179. The van der Waals surface area contributed by atoms with Gasteiger partial charge >= 0.3 is 0 Å². The molecule has 2 aromatic carbocycles. The molecule has 0 amide bonds. The minimum Gasteiger partial charge on any atom is -0.496 e. The van der Waals surface area contributed by atoms with Crippen LogP contribution in [0.4, 0.5) is 0 Å². The van der Waals surface area contributed by atoms with Crippen molar-refractivity contribution < 1.29 is 17.9 Å². The summed E-state index contributed by atoms with van der Waals surface area (Å²) >= 11 is 3.47. The van der Waals surface area contributed by atoms with Crippen LogP contribution in [0, 0.1) is 0 Å². The smallest absolute Gasteiger partial charge is 0.218 e. The maximum absolute atomic E-state index is 12.7. The summed E-state index contributed by atoms with van der Waals surface area (Å²) in [5.74, 6) is 1.58. The van der Waals surface area contributed by atoms with Gasteiger partial charge in [0.15, 0.2) is 0 Å². The summed E-state index contributed by atoms with van der Waals surface area (Å²) < 4.78 is 38.7. The second kappa shape index (κ2) is 9.26. The molecule has 6 nitrogen and oxygen atoms in total. The Balaban J connectivity index is 1.63. The van der Waals surface area contributed by atoms with Crippen molar-refractivity contribution in [2.24, 2.45) is 0 Å². The maximum atomic E-state index is 12.7. The van der Waals surface area contributed by atoms with Gasteiger partial charge in [-0.2, -0.15) is 4.31 Å². The molecule has 1 aliphatic rings. The Morgan fingerprint density at radius 2 is 1.61 bits per heavy atom. The van der Waals surface area contributed by atoms with E-state index < -0.39 is 10.0 Å². The van der Waals surface area contributed by atoms with E-state index in [-0.39, 0.29) is 5.75 Å². The average molecular weight is 469 g/mol. The molecule has 0 aliphatic carbocycles. The topological polar surface area (TPSA) is 59.1 Å². The number of rotatable bonds is 7. The van der Waals surface area contributed by atoms with E-state index in [1.807, 2.05) is 42.5 Å². The van der Waals surface area contributed by atoms with Crippen molar-refractivity contribution in [1.29, 1.82) is 0 Å². The highest BCUT2D eigenvalue weighted by atomic mass is 79.9. The summed E-state index contributed by atoms with van der Waals surface area (Å²) in [6.45, 7) is 3.01. The quantitative estimate of drug-likeness (QED) is 0.624. The van der Waals surface area contributed by atoms with Crippen LogP contribution in [-0.2, 0) is 22.3 Å². The first-order valence-corrected chi connectivity index (χ1v) is 11.5. The molecular formula is C20H25BrN2O4S. The normalized spacial score (nSPS) is 16.1. The van der Waals surface area contributed by atoms with Crippen molar-refractivity contribution >= 4 is 26.0 Å². The molecule has 0 spiro atoms. The first-order chi connectivity index (χ1) is 13.4. The lowest BCUT2D eigenvalue weighted by Crippen LogP contribution is -2.48. The molecule has 2 aromatic rings. The molecular weight excluding hydrogens is 444 g/mol. The Morgan fingerprint density at radius 1 is 0.964 bits per heavy atom. The van der Waals surface area contributed by atoms with Gasteiger partial charge in [-0.3, -0.25) is 4.90 Å². The largest absolute Gasteiger partial charge is 0.496 e. The molecule has 1 aliphatic heterocycles. The summed E-state index contributed by atoms with van der Waals surface area (Å²) in [6.07, 6.45) is 0. The molecule has 1 fully saturated rings. The minimum atomic E-state index is -3.31. The van der Waals surface area contributed by atoms with Crippen LogP contribution < -0.4 is 9.47 Å². The van der Waals surface area contributed by atoms with Crippen molar-refractivity contribution in [3.63, 3.8) is 0 Å². The van der Waals surface area contributed by atoms with E-state index in [4.69, 9.17) is 9.47 Å². The fourth-order valence-corrected chi connectivity index (χ4v) is 5.33. The summed E-state index contributed by atoms with van der Waals surface area (Å²) in [5, 5.41) is 0. The van der Waals surface area contributed by atoms with Crippen molar-refractivity contribution in [3.05, 3.63) is 58.1 Å². The molecule has 0 unspecified atom stereocenters. The Labute approximate surface area is 175 Å². The van der Waals surface area contributed by atoms with E-state index in [0.29, 0.717) is 32.7 Å². The van der Waals surface area contributed by atoms with E-state index in [1.54, 1.807) is 18.5 Å². The second-order valence-electron chi connectivity index (χ2n) is 6.72. The highest BCUT2D eigenvalue weighted by Gasteiger charge is 2.27. The van der Waals surface area contributed by atoms with Crippen molar-refractivity contribution in [2.45, 2.75) is 12.3 Å². The third-order valence-corrected chi connectivity index (χ3v) is 7.34. The molecule has 0 saturated carbocycles. The molecule has 0 aromatic heterocycles. The maximum Gasteiger partial charge on any atom is 0.218 e. The molecule has 28 heavy (non-hydrogen) atoms. The zero-order chi connectivity index (χ0) is 20.1. The predicted octanol–water partition coefficient (Wildman–Crippen LogP) is 3.11. The predicted molar refractivity (Wildman–Crippen MR) is 113 cm³/mol. The van der Waals surface area contributed by atoms with E-state index in [0.717, 1.165) is 27.1 Å². The van der Waals surface area contributed by atoms with Crippen LogP contribution in [0.5, 0.6) is 11.5 Å². The average Bonchev–Trinajstić information content (AvgIpc) is 2.70. The third kappa shape index (κ3) is 5.05. The van der Waals surface area contributed by atoms with E-state index >= 15 is 0 Å². The highest BCUT2D eigenvalue weighted by Crippen LogP contribution is 2.33. The van der Waals surface area contributed by atoms with Gasteiger partial charge in [-0.15, -0.1) is 0 Å². The van der Waals surface area contributed by atoms with Crippen molar-refractivity contribution in [3.8, 4) is 11.5 Å². The summed E-state index contributed by atoms with van der Waals surface area (Å²) in [6, 6.07) is 13.2. The van der Waals surface area contributed by atoms with Gasteiger partial charge in [-0.25, -0.2) is 8.42 Å². The summed E-state index contributed by atoms with van der Waals surface area (Å²) in [5.41, 5.74) is 1.83. The van der Waals surface area contributed by atoms with Gasteiger partial charge in [0.2, 0.25) is 10.0 Å². The van der Waals surface area contributed by atoms with Crippen molar-refractivity contribution in [1.82, 2.24) is 9.21 Å². The molecule has 1 heterocycles.